The summed E-state index contributed by atoms with van der Waals surface area (Å²) in [5.41, 5.74) is 0. The van der Waals surface area contributed by atoms with Crippen molar-refractivity contribution in [2.24, 2.45) is 0 Å². The molecule has 6 unspecified atom stereocenters. The average molecular weight is 585 g/mol. The molecule has 0 rings (SSSR count). The molecule has 0 spiro atoms. The second kappa shape index (κ2) is 23.4. The lowest BCUT2D eigenvalue weighted by molar-refractivity contribution is -0.122. The monoisotopic (exact) mass is 584 g/mol. The molecule has 2 amide bonds. The first-order valence-electron chi connectivity index (χ1n) is 12.9. The van der Waals surface area contributed by atoms with Crippen molar-refractivity contribution in [3.63, 3.8) is 0 Å². The van der Waals surface area contributed by atoms with Gasteiger partial charge in [0.15, 0.2) is 0 Å². The lowest BCUT2D eigenvalue weighted by Gasteiger charge is -2.19. The molecular formula is C24H44N2O10S2. The van der Waals surface area contributed by atoms with Crippen molar-refractivity contribution in [2.75, 3.05) is 13.1 Å². The van der Waals surface area contributed by atoms with Crippen LogP contribution in [-0.2, 0) is 40.7 Å². The Balaban J connectivity index is 4.15. The first kappa shape index (κ1) is 36.5. The van der Waals surface area contributed by atoms with Crippen LogP contribution in [0, 0.1) is 0 Å². The summed E-state index contributed by atoms with van der Waals surface area (Å²) in [7, 11) is 0. The van der Waals surface area contributed by atoms with Crippen molar-refractivity contribution in [3.05, 3.63) is 24.3 Å². The molecule has 0 aliphatic carbocycles. The summed E-state index contributed by atoms with van der Waals surface area (Å²) in [6.45, 7) is 4.38. The van der Waals surface area contributed by atoms with Crippen molar-refractivity contribution in [1.82, 2.24) is 10.6 Å². The fraction of sp³-hybridized carbons (Fsp3) is 0.750. The van der Waals surface area contributed by atoms with Crippen LogP contribution in [0.3, 0.4) is 0 Å². The molecule has 0 aliphatic rings. The zero-order valence-corrected chi connectivity index (χ0v) is 23.8. The maximum Gasteiger partial charge on any atom is 0.302 e. The van der Waals surface area contributed by atoms with Crippen LogP contribution in [0.5, 0.6) is 0 Å². The fourth-order valence-electron chi connectivity index (χ4n) is 3.34. The molecular weight excluding hydrogens is 540 g/mol. The van der Waals surface area contributed by atoms with E-state index in [2.05, 4.69) is 10.6 Å². The Morgan fingerprint density at radius 3 is 1.42 bits per heavy atom. The van der Waals surface area contributed by atoms with Crippen molar-refractivity contribution >= 4 is 34.5 Å². The van der Waals surface area contributed by atoms with Crippen molar-refractivity contribution in [2.45, 2.75) is 102 Å². The largest absolute Gasteiger partial charge is 0.390 e. The number of hydrogen-bond donors (Lipinski definition) is 6. The van der Waals surface area contributed by atoms with Crippen LogP contribution in [0.25, 0.3) is 0 Å². The van der Waals surface area contributed by atoms with E-state index < -0.39 is 47.1 Å². The molecule has 0 bridgehead atoms. The zero-order chi connectivity index (χ0) is 28.8. The molecule has 0 aromatic carbocycles. The standard InChI is InChI=1S/C24H44N2O10S2/c1-3-5-13-21(35-37(31)32)19(27)11-7-9-15-23(29)25-17-18-26-24(30)16-10-8-12-20(28)22(14-6-4-2)36-38(33)34/h7-10,19-22,27-28H,3-6,11-18H2,1-2H3,(H,25,29)(H,26,30)(H,31,32)(H,33,34)/b9-7+,10-8+. The van der Waals surface area contributed by atoms with Gasteiger partial charge in [0.25, 0.3) is 0 Å². The van der Waals surface area contributed by atoms with Crippen LogP contribution in [0.15, 0.2) is 24.3 Å². The second-order valence-corrected chi connectivity index (χ2v) is 9.90. The number of amides is 2. The molecule has 0 saturated carbocycles. The minimum atomic E-state index is -2.47. The van der Waals surface area contributed by atoms with Gasteiger partial charge in [-0.25, -0.2) is 0 Å². The van der Waals surface area contributed by atoms with Gasteiger partial charge in [-0.15, -0.1) is 0 Å². The summed E-state index contributed by atoms with van der Waals surface area (Å²) in [5, 5.41) is 25.6. The Morgan fingerprint density at radius 1 is 0.737 bits per heavy atom. The van der Waals surface area contributed by atoms with Gasteiger partial charge in [-0.05, 0) is 25.7 Å². The van der Waals surface area contributed by atoms with E-state index in [1.54, 1.807) is 24.3 Å². The highest BCUT2D eigenvalue weighted by molar-refractivity contribution is 7.74. The highest BCUT2D eigenvalue weighted by Gasteiger charge is 2.22. The predicted octanol–water partition coefficient (Wildman–Crippen LogP) is 2.04. The molecule has 0 aliphatic heterocycles. The minimum Gasteiger partial charge on any atom is -0.390 e. The van der Waals surface area contributed by atoms with Gasteiger partial charge in [0.2, 0.25) is 11.8 Å². The molecule has 0 radical (unpaired) electrons. The van der Waals surface area contributed by atoms with Gasteiger partial charge in [-0.2, -0.15) is 8.42 Å². The van der Waals surface area contributed by atoms with E-state index in [1.165, 1.54) is 0 Å². The van der Waals surface area contributed by atoms with E-state index in [1.807, 2.05) is 13.8 Å². The summed E-state index contributed by atoms with van der Waals surface area (Å²) in [6, 6.07) is 0. The molecule has 0 saturated heterocycles. The van der Waals surface area contributed by atoms with Gasteiger partial charge < -0.3 is 20.8 Å². The Hall–Kier alpha value is -1.52. The van der Waals surface area contributed by atoms with Crippen molar-refractivity contribution in [1.29, 1.82) is 0 Å². The highest BCUT2D eigenvalue weighted by Crippen LogP contribution is 2.15. The molecule has 6 N–H and O–H groups in total. The van der Waals surface area contributed by atoms with Crippen LogP contribution >= 0.6 is 0 Å². The number of carbonyl (C=O) groups excluding carboxylic acids is 2. The Bertz CT molecular complexity index is 704. The summed E-state index contributed by atoms with van der Waals surface area (Å²) >= 11 is -4.93. The number of aliphatic hydroxyl groups excluding tert-OH is 2. The maximum absolute atomic E-state index is 11.9. The summed E-state index contributed by atoms with van der Waals surface area (Å²) < 4.78 is 49.3. The smallest absolute Gasteiger partial charge is 0.302 e. The van der Waals surface area contributed by atoms with Crippen LogP contribution < -0.4 is 10.6 Å². The third-order valence-electron chi connectivity index (χ3n) is 5.42. The quantitative estimate of drug-likeness (QED) is 0.0588. The van der Waals surface area contributed by atoms with Crippen LogP contribution in [0.1, 0.15) is 78.1 Å². The lowest BCUT2D eigenvalue weighted by Crippen LogP contribution is -2.34. The molecule has 0 aromatic heterocycles. The van der Waals surface area contributed by atoms with E-state index >= 15 is 0 Å². The number of unbranched alkanes of at least 4 members (excludes halogenated alkanes) is 2. The molecule has 0 heterocycles. The Labute approximate surface area is 230 Å². The number of rotatable bonds is 23. The Kier molecular flexibility index (Phi) is 22.4. The predicted molar refractivity (Wildman–Crippen MR) is 145 cm³/mol. The van der Waals surface area contributed by atoms with E-state index in [4.69, 9.17) is 17.5 Å². The molecule has 14 heteroatoms. The van der Waals surface area contributed by atoms with Gasteiger partial charge in [-0.3, -0.25) is 27.1 Å². The second-order valence-electron chi connectivity index (χ2n) is 8.65. The van der Waals surface area contributed by atoms with Gasteiger partial charge in [0.1, 0.15) is 12.2 Å². The SMILES string of the molecule is CCCCC(OS(=O)O)C(O)C/C=C/CC(=O)NCCNC(=O)C/C=C/CC(O)C(CCCC)OS(=O)O. The minimum absolute atomic E-state index is 0.0744. The van der Waals surface area contributed by atoms with E-state index in [0.29, 0.717) is 12.8 Å². The van der Waals surface area contributed by atoms with Crippen LogP contribution in [0.2, 0.25) is 0 Å². The molecule has 38 heavy (non-hydrogen) atoms. The summed E-state index contributed by atoms with van der Waals surface area (Å²) in [5.74, 6) is -0.532. The maximum atomic E-state index is 11.9. The molecule has 12 nitrogen and oxygen atoms in total. The number of hydrogen-bond acceptors (Lipinski definition) is 8. The van der Waals surface area contributed by atoms with Crippen molar-refractivity contribution in [3.8, 4) is 0 Å². The molecule has 6 atom stereocenters. The third kappa shape index (κ3) is 20.4. The molecule has 222 valence electrons. The number of carbonyl (C=O) groups is 2. The first-order valence-corrected chi connectivity index (χ1v) is 14.9. The molecule has 0 aromatic rings. The lowest BCUT2D eigenvalue weighted by atomic mass is 10.0. The normalized spacial score (nSPS) is 16.7. The van der Waals surface area contributed by atoms with Gasteiger partial charge >= 0.3 is 22.7 Å². The van der Waals surface area contributed by atoms with E-state index in [0.717, 1.165) is 25.7 Å². The van der Waals surface area contributed by atoms with Crippen molar-refractivity contribution < 1.29 is 45.7 Å². The Morgan fingerprint density at radius 2 is 1.11 bits per heavy atom. The summed E-state index contributed by atoms with van der Waals surface area (Å²) in [4.78, 5) is 23.8. The molecule has 0 fully saturated rings. The highest BCUT2D eigenvalue weighted by atomic mass is 32.2. The zero-order valence-electron chi connectivity index (χ0n) is 22.2. The summed E-state index contributed by atoms with van der Waals surface area (Å²) in [6.07, 6.45) is 7.51. The fourth-order valence-corrected chi connectivity index (χ4v) is 4.21. The van der Waals surface area contributed by atoms with E-state index in [9.17, 15) is 28.2 Å². The number of nitrogens with one attached hydrogen (secondary N) is 2. The first-order chi connectivity index (χ1) is 18.1. The average Bonchev–Trinajstić information content (AvgIpc) is 2.86. The van der Waals surface area contributed by atoms with Gasteiger partial charge in [0.05, 0.1) is 12.2 Å². The van der Waals surface area contributed by atoms with Gasteiger partial charge in [-0.1, -0.05) is 63.8 Å². The topological polar surface area (TPSA) is 192 Å². The third-order valence-corrected chi connectivity index (χ3v) is 6.24. The number of aliphatic hydroxyl groups is 2. The van der Waals surface area contributed by atoms with Crippen LogP contribution in [0.4, 0.5) is 0 Å². The van der Waals surface area contributed by atoms with Crippen LogP contribution in [-0.4, -0.2) is 77.1 Å². The van der Waals surface area contributed by atoms with E-state index in [-0.39, 0.29) is 50.6 Å². The van der Waals surface area contributed by atoms with Gasteiger partial charge in [0, 0.05) is 25.9 Å².